The molecular formula is C14H13F3N2O3. The minimum Gasteiger partial charge on any atom is -0.480 e. The third kappa shape index (κ3) is 4.48. The molecular weight excluding hydrogens is 301 g/mol. The zero-order valence-electron chi connectivity index (χ0n) is 11.5. The van der Waals surface area contributed by atoms with E-state index in [2.05, 4.69) is 5.32 Å². The number of halogens is 3. The SMILES string of the molecule is C[C@H](CC#N)[C@H](NC(=O)c1ccc(C(F)(F)F)cc1)C(=O)O. The maximum absolute atomic E-state index is 12.4. The Balaban J connectivity index is 2.87. The molecule has 1 rings (SSSR count). The van der Waals surface area contributed by atoms with Gasteiger partial charge in [-0.1, -0.05) is 6.92 Å². The number of carboxylic acid groups (broad SMARTS) is 1. The zero-order valence-corrected chi connectivity index (χ0v) is 11.5. The monoisotopic (exact) mass is 314 g/mol. The molecule has 22 heavy (non-hydrogen) atoms. The number of carbonyl (C=O) groups excluding carboxylic acids is 1. The van der Waals surface area contributed by atoms with Crippen molar-refractivity contribution in [2.45, 2.75) is 25.6 Å². The van der Waals surface area contributed by atoms with E-state index in [4.69, 9.17) is 10.4 Å². The van der Waals surface area contributed by atoms with E-state index >= 15 is 0 Å². The summed E-state index contributed by atoms with van der Waals surface area (Å²) in [6.07, 6.45) is -4.59. The van der Waals surface area contributed by atoms with Crippen molar-refractivity contribution < 1.29 is 27.9 Å². The van der Waals surface area contributed by atoms with Gasteiger partial charge in [0.15, 0.2) is 0 Å². The zero-order chi connectivity index (χ0) is 16.9. The number of carboxylic acids is 1. The number of carbonyl (C=O) groups is 2. The highest BCUT2D eigenvalue weighted by Crippen LogP contribution is 2.29. The largest absolute Gasteiger partial charge is 0.480 e. The van der Waals surface area contributed by atoms with E-state index in [0.29, 0.717) is 0 Å². The first-order valence-electron chi connectivity index (χ1n) is 6.24. The number of hydrogen-bond donors (Lipinski definition) is 2. The van der Waals surface area contributed by atoms with Gasteiger partial charge in [-0.2, -0.15) is 18.4 Å². The van der Waals surface area contributed by atoms with Crippen molar-refractivity contribution in [3.05, 3.63) is 35.4 Å². The fraction of sp³-hybridized carbons (Fsp3) is 0.357. The summed E-state index contributed by atoms with van der Waals surface area (Å²) in [4.78, 5) is 23.0. The lowest BCUT2D eigenvalue weighted by Crippen LogP contribution is -2.45. The van der Waals surface area contributed by atoms with Crippen molar-refractivity contribution >= 4 is 11.9 Å². The third-order valence-corrected chi connectivity index (χ3v) is 3.01. The van der Waals surface area contributed by atoms with Crippen LogP contribution in [-0.2, 0) is 11.0 Å². The summed E-state index contributed by atoms with van der Waals surface area (Å²) < 4.78 is 37.3. The van der Waals surface area contributed by atoms with Crippen LogP contribution in [0.5, 0.6) is 0 Å². The number of benzene rings is 1. The summed E-state index contributed by atoms with van der Waals surface area (Å²) in [6, 6.07) is 3.91. The van der Waals surface area contributed by atoms with E-state index in [1.165, 1.54) is 6.92 Å². The maximum atomic E-state index is 12.4. The highest BCUT2D eigenvalue weighted by Gasteiger charge is 2.31. The predicted octanol–water partition coefficient (Wildman–Crippen LogP) is 2.44. The smallest absolute Gasteiger partial charge is 0.416 e. The first-order chi connectivity index (χ1) is 10.2. The van der Waals surface area contributed by atoms with Gasteiger partial charge in [-0.15, -0.1) is 0 Å². The molecule has 1 aromatic rings. The Labute approximate surface area is 124 Å². The molecule has 1 amide bonds. The molecule has 118 valence electrons. The number of nitrogens with zero attached hydrogens (tertiary/aromatic N) is 1. The second kappa shape index (κ2) is 6.93. The van der Waals surface area contributed by atoms with Gasteiger partial charge in [-0.25, -0.2) is 4.79 Å². The van der Waals surface area contributed by atoms with Gasteiger partial charge in [-0.05, 0) is 24.3 Å². The van der Waals surface area contributed by atoms with Crippen LogP contribution in [-0.4, -0.2) is 23.0 Å². The molecule has 0 fully saturated rings. The number of nitriles is 1. The molecule has 0 aliphatic heterocycles. The van der Waals surface area contributed by atoms with Crippen LogP contribution < -0.4 is 5.32 Å². The van der Waals surface area contributed by atoms with Crippen molar-refractivity contribution in [2.24, 2.45) is 5.92 Å². The van der Waals surface area contributed by atoms with Gasteiger partial charge >= 0.3 is 12.1 Å². The predicted molar refractivity (Wildman–Crippen MR) is 69.7 cm³/mol. The lowest BCUT2D eigenvalue weighted by molar-refractivity contribution is -0.140. The first kappa shape index (κ1) is 17.5. The lowest BCUT2D eigenvalue weighted by Gasteiger charge is -2.19. The summed E-state index contributed by atoms with van der Waals surface area (Å²) >= 11 is 0. The summed E-state index contributed by atoms with van der Waals surface area (Å²) in [7, 11) is 0. The minimum atomic E-state index is -4.51. The molecule has 0 aromatic heterocycles. The van der Waals surface area contributed by atoms with E-state index in [1.54, 1.807) is 6.07 Å². The quantitative estimate of drug-likeness (QED) is 0.873. The van der Waals surface area contributed by atoms with Crippen LogP contribution in [0.2, 0.25) is 0 Å². The Hall–Kier alpha value is -2.56. The van der Waals surface area contributed by atoms with Gasteiger partial charge in [0.05, 0.1) is 11.6 Å². The second-order valence-electron chi connectivity index (χ2n) is 4.70. The molecule has 0 heterocycles. The number of hydrogen-bond acceptors (Lipinski definition) is 3. The summed E-state index contributed by atoms with van der Waals surface area (Å²) in [5, 5.41) is 19.8. The summed E-state index contributed by atoms with van der Waals surface area (Å²) in [5.74, 6) is -2.77. The van der Waals surface area contributed by atoms with Gasteiger partial charge in [0.25, 0.3) is 5.91 Å². The highest BCUT2D eigenvalue weighted by atomic mass is 19.4. The molecule has 2 N–H and O–H groups in total. The Kier molecular flexibility index (Phi) is 5.51. The molecule has 0 aliphatic rings. The minimum absolute atomic E-state index is 0.0791. The van der Waals surface area contributed by atoms with E-state index in [9.17, 15) is 22.8 Å². The molecule has 0 bridgehead atoms. The Morgan fingerprint density at radius 1 is 1.32 bits per heavy atom. The molecule has 0 aliphatic carbocycles. The van der Waals surface area contributed by atoms with Crippen LogP contribution in [0, 0.1) is 17.2 Å². The molecule has 0 saturated carbocycles. The van der Waals surface area contributed by atoms with Crippen molar-refractivity contribution in [1.29, 1.82) is 5.26 Å². The van der Waals surface area contributed by atoms with Crippen molar-refractivity contribution in [1.82, 2.24) is 5.32 Å². The van der Waals surface area contributed by atoms with E-state index in [-0.39, 0.29) is 12.0 Å². The van der Waals surface area contributed by atoms with E-state index < -0.39 is 35.6 Å². The number of amides is 1. The van der Waals surface area contributed by atoms with Crippen LogP contribution >= 0.6 is 0 Å². The molecule has 0 saturated heterocycles. The molecule has 0 spiro atoms. The Bertz CT molecular complexity index is 591. The molecule has 8 heteroatoms. The molecule has 0 unspecified atom stereocenters. The van der Waals surface area contributed by atoms with Crippen molar-refractivity contribution in [3.8, 4) is 6.07 Å². The van der Waals surface area contributed by atoms with Gasteiger partial charge in [-0.3, -0.25) is 4.79 Å². The average molecular weight is 314 g/mol. The van der Waals surface area contributed by atoms with E-state index in [1.807, 2.05) is 0 Å². The summed E-state index contributed by atoms with van der Waals surface area (Å²) in [5.41, 5.74) is -1.000. The fourth-order valence-corrected chi connectivity index (χ4v) is 1.74. The molecule has 2 atom stereocenters. The number of nitrogens with one attached hydrogen (secondary N) is 1. The van der Waals surface area contributed by atoms with Gasteiger partial charge < -0.3 is 10.4 Å². The number of alkyl halides is 3. The second-order valence-corrected chi connectivity index (χ2v) is 4.70. The number of rotatable bonds is 5. The fourth-order valence-electron chi connectivity index (χ4n) is 1.74. The van der Waals surface area contributed by atoms with Gasteiger partial charge in [0.1, 0.15) is 6.04 Å². The van der Waals surface area contributed by atoms with Gasteiger partial charge in [0.2, 0.25) is 0 Å². The normalized spacial score (nSPS) is 13.8. The lowest BCUT2D eigenvalue weighted by atomic mass is 9.98. The van der Waals surface area contributed by atoms with Crippen LogP contribution in [0.1, 0.15) is 29.3 Å². The molecule has 0 radical (unpaired) electrons. The average Bonchev–Trinajstić information content (AvgIpc) is 2.43. The van der Waals surface area contributed by atoms with E-state index in [0.717, 1.165) is 24.3 Å². The maximum Gasteiger partial charge on any atom is 0.416 e. The molecule has 5 nitrogen and oxygen atoms in total. The topological polar surface area (TPSA) is 90.2 Å². The first-order valence-corrected chi connectivity index (χ1v) is 6.24. The third-order valence-electron chi connectivity index (χ3n) is 3.01. The van der Waals surface area contributed by atoms with Crippen LogP contribution in [0.4, 0.5) is 13.2 Å². The highest BCUT2D eigenvalue weighted by molar-refractivity contribution is 5.96. The summed E-state index contributed by atoms with van der Waals surface area (Å²) in [6.45, 7) is 1.48. The molecule has 1 aromatic carbocycles. The Morgan fingerprint density at radius 2 is 1.86 bits per heavy atom. The van der Waals surface area contributed by atoms with Gasteiger partial charge in [0, 0.05) is 17.9 Å². The number of aliphatic carboxylic acids is 1. The Morgan fingerprint density at radius 3 is 2.27 bits per heavy atom. The van der Waals surface area contributed by atoms with Crippen LogP contribution in [0.3, 0.4) is 0 Å². The van der Waals surface area contributed by atoms with Crippen LogP contribution in [0.15, 0.2) is 24.3 Å². The standard InChI is InChI=1S/C14H13F3N2O3/c1-8(6-7-18)11(13(21)22)19-12(20)9-2-4-10(5-3-9)14(15,16)17/h2-5,8,11H,6H2,1H3,(H,19,20)(H,21,22)/t8-,11+/m1/s1. The van der Waals surface area contributed by atoms with Crippen molar-refractivity contribution in [3.63, 3.8) is 0 Å². The van der Waals surface area contributed by atoms with Crippen molar-refractivity contribution in [2.75, 3.05) is 0 Å². The van der Waals surface area contributed by atoms with Crippen LogP contribution in [0.25, 0.3) is 0 Å².